The third-order valence-corrected chi connectivity index (χ3v) is 3.25. The Morgan fingerprint density at radius 2 is 1.61 bits per heavy atom. The highest BCUT2D eigenvalue weighted by Crippen LogP contribution is 2.28. The van der Waals surface area contributed by atoms with E-state index in [0.717, 1.165) is 21.5 Å². The minimum absolute atomic E-state index is 0.982. The minimum Gasteiger partial charge on any atom is -0.387 e. The number of pyridine rings is 1. The lowest BCUT2D eigenvalue weighted by molar-refractivity contribution is 1.29. The van der Waals surface area contributed by atoms with Crippen LogP contribution in [0.4, 0.5) is 17.1 Å². The molecule has 1 aromatic carbocycles. The molecule has 0 atom stereocenters. The first-order chi connectivity index (χ1) is 8.60. The van der Waals surface area contributed by atoms with Gasteiger partial charge in [0.25, 0.3) is 0 Å². The summed E-state index contributed by atoms with van der Waals surface area (Å²) in [6, 6.07) is 6.24. The van der Waals surface area contributed by atoms with Crippen molar-refractivity contribution in [1.29, 1.82) is 0 Å². The van der Waals surface area contributed by atoms with Gasteiger partial charge in [0, 0.05) is 17.2 Å². The maximum absolute atomic E-state index is 4.19. The number of rotatable bonds is 3. The second-order valence-electron chi connectivity index (χ2n) is 4.25. The van der Waals surface area contributed by atoms with Gasteiger partial charge in [-0.25, -0.2) is 0 Å². The van der Waals surface area contributed by atoms with Gasteiger partial charge in [0.2, 0.25) is 0 Å². The molecule has 94 valence electrons. The van der Waals surface area contributed by atoms with Crippen LogP contribution < -0.4 is 10.6 Å². The fourth-order valence-corrected chi connectivity index (χ4v) is 2.58. The molecule has 1 aromatic heterocycles. The van der Waals surface area contributed by atoms with E-state index < -0.39 is 0 Å². The Kier molecular flexibility index (Phi) is 3.87. The summed E-state index contributed by atoms with van der Waals surface area (Å²) in [6.07, 6.45) is 3.62. The van der Waals surface area contributed by atoms with E-state index in [4.69, 9.17) is 0 Å². The predicted octanol–water partition coefficient (Wildman–Crippen LogP) is 4.25. The average molecular weight is 306 g/mol. The summed E-state index contributed by atoms with van der Waals surface area (Å²) in [6.45, 7) is 4.19. The van der Waals surface area contributed by atoms with Crippen molar-refractivity contribution in [3.63, 3.8) is 0 Å². The molecule has 3 nitrogen and oxygen atoms in total. The number of hydrogen-bond acceptors (Lipinski definition) is 3. The zero-order valence-corrected chi connectivity index (χ0v) is 12.3. The van der Waals surface area contributed by atoms with Crippen molar-refractivity contribution in [2.45, 2.75) is 13.8 Å². The number of benzene rings is 1. The molecule has 0 saturated heterocycles. The van der Waals surface area contributed by atoms with E-state index in [0.29, 0.717) is 0 Å². The van der Waals surface area contributed by atoms with Gasteiger partial charge in [-0.15, -0.1) is 0 Å². The van der Waals surface area contributed by atoms with Gasteiger partial charge < -0.3 is 10.6 Å². The molecule has 2 N–H and O–H groups in total. The van der Waals surface area contributed by atoms with Gasteiger partial charge in [-0.2, -0.15) is 0 Å². The zero-order valence-electron chi connectivity index (χ0n) is 10.7. The molecule has 4 heteroatoms. The monoisotopic (exact) mass is 305 g/mol. The first-order valence-corrected chi connectivity index (χ1v) is 6.56. The second-order valence-corrected chi connectivity index (χ2v) is 5.17. The van der Waals surface area contributed by atoms with Gasteiger partial charge in [0.15, 0.2) is 0 Å². The smallest absolute Gasteiger partial charge is 0.0591 e. The molecule has 0 fully saturated rings. The van der Waals surface area contributed by atoms with Gasteiger partial charge >= 0.3 is 0 Å². The number of anilines is 3. The van der Waals surface area contributed by atoms with Crippen LogP contribution in [0.2, 0.25) is 0 Å². The van der Waals surface area contributed by atoms with Crippen molar-refractivity contribution in [2.75, 3.05) is 17.7 Å². The van der Waals surface area contributed by atoms with Crippen LogP contribution in [0, 0.1) is 13.8 Å². The minimum atomic E-state index is 0.982. The Morgan fingerprint density at radius 3 is 2.22 bits per heavy atom. The molecule has 0 amide bonds. The Balaban J connectivity index is 2.33. The van der Waals surface area contributed by atoms with Crippen molar-refractivity contribution in [1.82, 2.24) is 4.98 Å². The third-order valence-electron chi connectivity index (χ3n) is 2.79. The fraction of sp³-hybridized carbons (Fsp3) is 0.214. The van der Waals surface area contributed by atoms with Crippen LogP contribution >= 0.6 is 15.9 Å². The lowest BCUT2D eigenvalue weighted by atomic mass is 10.1. The SMILES string of the molecule is CNc1cncc(Nc2c(C)cc(Br)cc2C)c1. The van der Waals surface area contributed by atoms with Crippen molar-refractivity contribution < 1.29 is 0 Å². The number of halogens is 1. The van der Waals surface area contributed by atoms with Crippen molar-refractivity contribution in [2.24, 2.45) is 0 Å². The highest BCUT2D eigenvalue weighted by molar-refractivity contribution is 9.10. The van der Waals surface area contributed by atoms with Crippen LogP contribution in [0.5, 0.6) is 0 Å². The number of nitrogens with one attached hydrogen (secondary N) is 2. The largest absolute Gasteiger partial charge is 0.387 e. The molecule has 0 saturated carbocycles. The topological polar surface area (TPSA) is 37.0 Å². The molecular weight excluding hydrogens is 290 g/mol. The fourth-order valence-electron chi connectivity index (χ4n) is 1.90. The Labute approximate surface area is 116 Å². The van der Waals surface area contributed by atoms with Gasteiger partial charge in [-0.05, 0) is 43.2 Å². The summed E-state index contributed by atoms with van der Waals surface area (Å²) in [5.74, 6) is 0. The summed E-state index contributed by atoms with van der Waals surface area (Å²) < 4.78 is 1.10. The molecule has 0 bridgehead atoms. The van der Waals surface area contributed by atoms with Gasteiger partial charge in [-0.1, -0.05) is 15.9 Å². The maximum atomic E-state index is 4.19. The van der Waals surface area contributed by atoms with Gasteiger partial charge in [0.05, 0.1) is 23.8 Å². The highest BCUT2D eigenvalue weighted by atomic mass is 79.9. The molecule has 2 aromatic rings. The Hall–Kier alpha value is -1.55. The first-order valence-electron chi connectivity index (χ1n) is 5.76. The van der Waals surface area contributed by atoms with Crippen molar-refractivity contribution in [3.05, 3.63) is 46.2 Å². The van der Waals surface area contributed by atoms with Crippen molar-refractivity contribution in [3.8, 4) is 0 Å². The lowest BCUT2D eigenvalue weighted by Gasteiger charge is -2.13. The number of aryl methyl sites for hydroxylation is 2. The van der Waals surface area contributed by atoms with E-state index in [1.165, 1.54) is 11.1 Å². The molecule has 2 rings (SSSR count). The zero-order chi connectivity index (χ0) is 13.1. The van der Waals surface area contributed by atoms with E-state index in [-0.39, 0.29) is 0 Å². The molecule has 0 spiro atoms. The van der Waals surface area contributed by atoms with Crippen molar-refractivity contribution >= 4 is 33.0 Å². The molecule has 0 radical (unpaired) electrons. The number of nitrogens with zero attached hydrogens (tertiary/aromatic N) is 1. The summed E-state index contributed by atoms with van der Waals surface area (Å²) >= 11 is 3.51. The van der Waals surface area contributed by atoms with Gasteiger partial charge in [0.1, 0.15) is 0 Å². The average Bonchev–Trinajstić information content (AvgIpc) is 2.34. The van der Waals surface area contributed by atoms with Crippen LogP contribution in [0.15, 0.2) is 35.1 Å². The highest BCUT2D eigenvalue weighted by Gasteiger charge is 2.05. The van der Waals surface area contributed by atoms with Crippen LogP contribution in [-0.2, 0) is 0 Å². The van der Waals surface area contributed by atoms with Crippen LogP contribution in [0.25, 0.3) is 0 Å². The van der Waals surface area contributed by atoms with Crippen LogP contribution in [0.1, 0.15) is 11.1 Å². The third kappa shape index (κ3) is 2.82. The summed E-state index contributed by atoms with van der Waals surface area (Å²) in [5, 5.41) is 6.50. The Morgan fingerprint density at radius 1 is 1.00 bits per heavy atom. The molecule has 0 aliphatic rings. The summed E-state index contributed by atoms with van der Waals surface area (Å²) in [5.41, 5.74) is 5.52. The summed E-state index contributed by atoms with van der Waals surface area (Å²) in [7, 11) is 1.89. The molecule has 18 heavy (non-hydrogen) atoms. The normalized spacial score (nSPS) is 10.2. The molecular formula is C14H16BrN3. The Bertz CT molecular complexity index is 544. The number of hydrogen-bond donors (Lipinski definition) is 2. The maximum Gasteiger partial charge on any atom is 0.0591 e. The van der Waals surface area contributed by atoms with E-state index in [9.17, 15) is 0 Å². The molecule has 0 unspecified atom stereocenters. The number of aromatic nitrogens is 1. The lowest BCUT2D eigenvalue weighted by Crippen LogP contribution is -1.98. The van der Waals surface area contributed by atoms with Gasteiger partial charge in [-0.3, -0.25) is 4.98 Å². The van der Waals surface area contributed by atoms with E-state index in [2.05, 4.69) is 57.5 Å². The molecule has 0 aliphatic carbocycles. The van der Waals surface area contributed by atoms with Crippen LogP contribution in [0.3, 0.4) is 0 Å². The standard InChI is InChI=1S/C14H16BrN3/c1-9-4-11(15)5-10(2)14(9)18-13-6-12(16-3)7-17-8-13/h4-8,16,18H,1-3H3. The first kappa shape index (κ1) is 12.9. The quantitative estimate of drug-likeness (QED) is 0.890. The van der Waals surface area contributed by atoms with Crippen LogP contribution in [-0.4, -0.2) is 12.0 Å². The second kappa shape index (κ2) is 5.40. The van der Waals surface area contributed by atoms with E-state index in [1.54, 1.807) is 6.20 Å². The summed E-state index contributed by atoms with van der Waals surface area (Å²) in [4.78, 5) is 4.19. The van der Waals surface area contributed by atoms with E-state index in [1.807, 2.05) is 19.3 Å². The van der Waals surface area contributed by atoms with E-state index >= 15 is 0 Å². The predicted molar refractivity (Wildman–Crippen MR) is 80.7 cm³/mol. The molecule has 1 heterocycles. The molecule has 0 aliphatic heterocycles.